The first-order valence-electron chi connectivity index (χ1n) is 7.55. The maximum absolute atomic E-state index is 4.82. The van der Waals surface area contributed by atoms with Gasteiger partial charge in [-0.15, -0.1) is 0 Å². The molecule has 106 valence electrons. The zero-order valence-corrected chi connectivity index (χ0v) is 11.9. The highest BCUT2D eigenvalue weighted by Gasteiger charge is 2.22. The lowest BCUT2D eigenvalue weighted by Crippen LogP contribution is -2.31. The van der Waals surface area contributed by atoms with Crippen LogP contribution in [0.15, 0.2) is 48.7 Å². The predicted molar refractivity (Wildman–Crippen MR) is 83.9 cm³/mol. The first kappa shape index (κ1) is 12.5. The minimum Gasteiger partial charge on any atom is -0.297 e. The van der Waals surface area contributed by atoms with Gasteiger partial charge in [0.05, 0.1) is 6.17 Å². The number of rotatable bonds is 2. The van der Waals surface area contributed by atoms with Crippen LogP contribution in [-0.2, 0) is 0 Å². The van der Waals surface area contributed by atoms with Crippen LogP contribution in [0.4, 0.5) is 0 Å². The van der Waals surface area contributed by atoms with Gasteiger partial charge in [-0.3, -0.25) is 9.88 Å². The molecule has 3 heterocycles. The summed E-state index contributed by atoms with van der Waals surface area (Å²) in [5, 5.41) is 3.61. The van der Waals surface area contributed by atoms with Gasteiger partial charge in [-0.2, -0.15) is 0 Å². The second kappa shape index (κ2) is 5.30. The van der Waals surface area contributed by atoms with Crippen LogP contribution in [-0.4, -0.2) is 21.1 Å². The smallest absolute Gasteiger partial charge is 0.161 e. The molecule has 0 saturated carbocycles. The van der Waals surface area contributed by atoms with E-state index in [0.717, 1.165) is 35.5 Å². The van der Waals surface area contributed by atoms with E-state index in [-0.39, 0.29) is 6.17 Å². The Morgan fingerprint density at radius 2 is 1.95 bits per heavy atom. The molecule has 0 spiro atoms. The zero-order valence-electron chi connectivity index (χ0n) is 11.9. The molecule has 0 aliphatic carbocycles. The van der Waals surface area contributed by atoms with E-state index in [2.05, 4.69) is 39.1 Å². The van der Waals surface area contributed by atoms with E-state index in [1.807, 2.05) is 24.4 Å². The Balaban J connectivity index is 1.92. The summed E-state index contributed by atoms with van der Waals surface area (Å²) >= 11 is 0. The minimum absolute atomic E-state index is 0.286. The third-order valence-corrected chi connectivity index (χ3v) is 4.08. The number of nitrogens with zero attached hydrogens (tertiary/aromatic N) is 3. The van der Waals surface area contributed by atoms with Crippen molar-refractivity contribution in [2.24, 2.45) is 0 Å². The summed E-state index contributed by atoms with van der Waals surface area (Å²) in [6, 6.07) is 14.4. The topological polar surface area (TPSA) is 42.7 Å². The molecule has 1 fully saturated rings. The number of nitrogens with one attached hydrogen (secondary N) is 1. The standard InChI is InChI=1S/C17H18N4/c1-2-7-13(8-3-1)16-20-14-9-6-12-19-17(14)21(16)15-10-4-5-11-18-15/h1-3,6-9,12,15,18H,4-5,10-11H2. The highest BCUT2D eigenvalue weighted by molar-refractivity contribution is 5.77. The van der Waals surface area contributed by atoms with Gasteiger partial charge in [-0.1, -0.05) is 30.3 Å². The van der Waals surface area contributed by atoms with Gasteiger partial charge < -0.3 is 0 Å². The van der Waals surface area contributed by atoms with Gasteiger partial charge in [-0.05, 0) is 37.9 Å². The average Bonchev–Trinajstić information content (AvgIpc) is 2.96. The van der Waals surface area contributed by atoms with Gasteiger partial charge in [0.15, 0.2) is 5.65 Å². The summed E-state index contributed by atoms with van der Waals surface area (Å²) in [6.45, 7) is 1.06. The number of pyridine rings is 1. The number of hydrogen-bond donors (Lipinski definition) is 1. The van der Waals surface area contributed by atoms with Crippen molar-refractivity contribution in [3.8, 4) is 11.4 Å². The van der Waals surface area contributed by atoms with Crippen LogP contribution in [0.1, 0.15) is 25.4 Å². The largest absolute Gasteiger partial charge is 0.297 e. The van der Waals surface area contributed by atoms with E-state index in [4.69, 9.17) is 4.98 Å². The monoisotopic (exact) mass is 278 g/mol. The average molecular weight is 278 g/mol. The van der Waals surface area contributed by atoms with Crippen molar-refractivity contribution in [3.63, 3.8) is 0 Å². The molecule has 2 aromatic heterocycles. The molecule has 1 aliphatic heterocycles. The Morgan fingerprint density at radius 3 is 2.76 bits per heavy atom. The van der Waals surface area contributed by atoms with Crippen molar-refractivity contribution in [1.29, 1.82) is 0 Å². The molecular weight excluding hydrogens is 260 g/mol. The van der Waals surface area contributed by atoms with Crippen molar-refractivity contribution in [2.75, 3.05) is 6.54 Å². The highest BCUT2D eigenvalue weighted by Crippen LogP contribution is 2.29. The van der Waals surface area contributed by atoms with E-state index in [0.29, 0.717) is 0 Å². The molecule has 21 heavy (non-hydrogen) atoms. The summed E-state index contributed by atoms with van der Waals surface area (Å²) in [5.41, 5.74) is 3.07. The molecule has 4 heteroatoms. The number of imidazole rings is 1. The van der Waals surface area contributed by atoms with Crippen LogP contribution in [0.25, 0.3) is 22.6 Å². The predicted octanol–water partition coefficient (Wildman–Crippen LogP) is 3.37. The normalized spacial score (nSPS) is 19.0. The summed E-state index contributed by atoms with van der Waals surface area (Å²) in [4.78, 5) is 9.38. The molecule has 0 amide bonds. The van der Waals surface area contributed by atoms with Crippen LogP contribution >= 0.6 is 0 Å². The Morgan fingerprint density at radius 1 is 1.05 bits per heavy atom. The lowest BCUT2D eigenvalue weighted by molar-refractivity contribution is 0.328. The zero-order chi connectivity index (χ0) is 14.1. The van der Waals surface area contributed by atoms with Crippen LogP contribution in [0.2, 0.25) is 0 Å². The summed E-state index contributed by atoms with van der Waals surface area (Å²) < 4.78 is 2.27. The number of piperidine rings is 1. The second-order valence-electron chi connectivity index (χ2n) is 5.48. The molecule has 4 rings (SSSR count). The fourth-order valence-corrected chi connectivity index (χ4v) is 3.07. The molecular formula is C17H18N4. The van der Waals surface area contributed by atoms with Gasteiger partial charge in [0, 0.05) is 11.8 Å². The van der Waals surface area contributed by atoms with Gasteiger partial charge in [0.2, 0.25) is 0 Å². The van der Waals surface area contributed by atoms with Crippen molar-refractivity contribution in [3.05, 3.63) is 48.7 Å². The quantitative estimate of drug-likeness (QED) is 0.781. The lowest BCUT2D eigenvalue weighted by atomic mass is 10.1. The molecule has 0 bridgehead atoms. The van der Waals surface area contributed by atoms with E-state index < -0.39 is 0 Å². The molecule has 1 saturated heterocycles. The Hall–Kier alpha value is -2.20. The fourth-order valence-electron chi connectivity index (χ4n) is 3.07. The van der Waals surface area contributed by atoms with Crippen molar-refractivity contribution < 1.29 is 0 Å². The SMILES string of the molecule is c1ccc(-c2nc3cccnc3n2C2CCCCN2)cc1. The van der Waals surface area contributed by atoms with Crippen molar-refractivity contribution >= 4 is 11.2 Å². The van der Waals surface area contributed by atoms with Crippen LogP contribution in [0.5, 0.6) is 0 Å². The molecule has 1 atom stereocenters. The third-order valence-electron chi connectivity index (χ3n) is 4.08. The molecule has 3 aromatic rings. The third kappa shape index (κ3) is 2.21. The van der Waals surface area contributed by atoms with Crippen LogP contribution < -0.4 is 5.32 Å². The van der Waals surface area contributed by atoms with Gasteiger partial charge in [-0.25, -0.2) is 9.97 Å². The maximum atomic E-state index is 4.82. The molecule has 4 nitrogen and oxygen atoms in total. The highest BCUT2D eigenvalue weighted by atomic mass is 15.2. The lowest BCUT2D eigenvalue weighted by Gasteiger charge is -2.26. The minimum atomic E-state index is 0.286. The van der Waals surface area contributed by atoms with Crippen LogP contribution in [0.3, 0.4) is 0 Å². The molecule has 0 radical (unpaired) electrons. The van der Waals surface area contributed by atoms with Gasteiger partial charge >= 0.3 is 0 Å². The Bertz CT molecular complexity index is 742. The van der Waals surface area contributed by atoms with E-state index in [1.54, 1.807) is 0 Å². The molecule has 1 aliphatic rings. The van der Waals surface area contributed by atoms with Gasteiger partial charge in [0.1, 0.15) is 11.3 Å². The Labute approximate surface area is 123 Å². The first-order chi connectivity index (χ1) is 10.4. The Kier molecular flexibility index (Phi) is 3.16. The summed E-state index contributed by atoms with van der Waals surface area (Å²) in [7, 11) is 0. The number of hydrogen-bond acceptors (Lipinski definition) is 3. The number of fused-ring (bicyclic) bond motifs is 1. The number of benzene rings is 1. The summed E-state index contributed by atoms with van der Waals surface area (Å²) in [6.07, 6.45) is 5.75. The summed E-state index contributed by atoms with van der Waals surface area (Å²) in [5.74, 6) is 1.00. The van der Waals surface area contributed by atoms with E-state index >= 15 is 0 Å². The first-order valence-corrected chi connectivity index (χ1v) is 7.55. The van der Waals surface area contributed by atoms with Crippen molar-refractivity contribution in [2.45, 2.75) is 25.4 Å². The van der Waals surface area contributed by atoms with E-state index in [1.165, 1.54) is 12.8 Å². The molecule has 1 unspecified atom stereocenters. The number of aromatic nitrogens is 3. The molecule has 1 N–H and O–H groups in total. The van der Waals surface area contributed by atoms with E-state index in [9.17, 15) is 0 Å². The van der Waals surface area contributed by atoms with Gasteiger partial charge in [0.25, 0.3) is 0 Å². The molecule has 1 aromatic carbocycles. The second-order valence-corrected chi connectivity index (χ2v) is 5.48. The van der Waals surface area contributed by atoms with Crippen LogP contribution in [0, 0.1) is 0 Å². The van der Waals surface area contributed by atoms with Crippen molar-refractivity contribution in [1.82, 2.24) is 19.9 Å². The maximum Gasteiger partial charge on any atom is 0.161 e. The fraction of sp³-hybridized carbons (Fsp3) is 0.294.